The fourth-order valence-electron chi connectivity index (χ4n) is 2.70. The third-order valence-electron chi connectivity index (χ3n) is 3.52. The molecule has 1 saturated carbocycles. The standard InChI is InChI=1S/C13H25NO2/c1-9(2)15-10(3)13-12(7-8-14(13)4)16-11-5-6-11/h9-13H,5-8H2,1-4H3/t10-,12-,13+/m0/s1. The van der Waals surface area contributed by atoms with E-state index in [-0.39, 0.29) is 6.10 Å². The van der Waals surface area contributed by atoms with Crippen LogP contribution < -0.4 is 0 Å². The summed E-state index contributed by atoms with van der Waals surface area (Å²) in [4.78, 5) is 2.39. The second kappa shape index (κ2) is 5.03. The van der Waals surface area contributed by atoms with Gasteiger partial charge >= 0.3 is 0 Å². The second-order valence-corrected chi connectivity index (χ2v) is 5.52. The van der Waals surface area contributed by atoms with E-state index in [4.69, 9.17) is 9.47 Å². The molecule has 2 rings (SSSR count). The Morgan fingerprint density at radius 2 is 1.81 bits per heavy atom. The van der Waals surface area contributed by atoms with Crippen LogP contribution in [0.15, 0.2) is 0 Å². The molecule has 2 aliphatic rings. The van der Waals surface area contributed by atoms with Crippen molar-refractivity contribution in [2.45, 2.75) is 70.5 Å². The number of hydrogen-bond donors (Lipinski definition) is 0. The van der Waals surface area contributed by atoms with Crippen LogP contribution >= 0.6 is 0 Å². The Bertz CT molecular complexity index is 228. The fraction of sp³-hybridized carbons (Fsp3) is 1.00. The van der Waals surface area contributed by atoms with Gasteiger partial charge in [-0.3, -0.25) is 4.90 Å². The average molecular weight is 227 g/mol. The fourth-order valence-corrected chi connectivity index (χ4v) is 2.70. The van der Waals surface area contributed by atoms with Crippen molar-refractivity contribution in [3.05, 3.63) is 0 Å². The van der Waals surface area contributed by atoms with Gasteiger partial charge in [0.15, 0.2) is 0 Å². The summed E-state index contributed by atoms with van der Waals surface area (Å²) in [5.41, 5.74) is 0. The Kier molecular flexibility index (Phi) is 3.88. The molecule has 0 amide bonds. The zero-order chi connectivity index (χ0) is 11.7. The van der Waals surface area contributed by atoms with Gasteiger partial charge in [0.05, 0.1) is 30.5 Å². The normalized spacial score (nSPS) is 33.6. The summed E-state index contributed by atoms with van der Waals surface area (Å²) in [6.07, 6.45) is 5.15. The zero-order valence-electron chi connectivity index (χ0n) is 11.0. The molecule has 1 aliphatic carbocycles. The molecule has 0 N–H and O–H groups in total. The topological polar surface area (TPSA) is 21.7 Å². The van der Waals surface area contributed by atoms with Gasteiger partial charge in [-0.25, -0.2) is 0 Å². The van der Waals surface area contributed by atoms with Crippen molar-refractivity contribution in [3.8, 4) is 0 Å². The minimum atomic E-state index is 0.260. The van der Waals surface area contributed by atoms with E-state index in [1.165, 1.54) is 12.8 Å². The molecule has 0 radical (unpaired) electrons. The highest BCUT2D eigenvalue weighted by Crippen LogP contribution is 2.32. The molecule has 0 unspecified atom stereocenters. The van der Waals surface area contributed by atoms with Gasteiger partial charge in [-0.05, 0) is 47.1 Å². The maximum Gasteiger partial charge on any atom is 0.0771 e. The first-order valence-electron chi connectivity index (χ1n) is 6.59. The molecule has 2 fully saturated rings. The van der Waals surface area contributed by atoms with E-state index in [0.717, 1.165) is 13.0 Å². The van der Waals surface area contributed by atoms with Crippen LogP contribution in [0.25, 0.3) is 0 Å². The number of likely N-dealkylation sites (tertiary alicyclic amines) is 1. The summed E-state index contributed by atoms with van der Waals surface area (Å²) in [5, 5.41) is 0. The summed E-state index contributed by atoms with van der Waals surface area (Å²) < 4.78 is 12.0. The largest absolute Gasteiger partial charge is 0.374 e. The molecule has 0 aromatic carbocycles. The predicted molar refractivity (Wildman–Crippen MR) is 64.6 cm³/mol. The maximum atomic E-state index is 6.09. The minimum absolute atomic E-state index is 0.260. The lowest BCUT2D eigenvalue weighted by molar-refractivity contribution is -0.0679. The molecule has 0 aromatic rings. The minimum Gasteiger partial charge on any atom is -0.374 e. The summed E-state index contributed by atoms with van der Waals surface area (Å²) in [7, 11) is 2.18. The number of likely N-dealkylation sites (N-methyl/N-ethyl adjacent to an activating group) is 1. The van der Waals surface area contributed by atoms with Crippen LogP contribution in [-0.4, -0.2) is 49.0 Å². The Morgan fingerprint density at radius 3 is 2.38 bits per heavy atom. The quantitative estimate of drug-likeness (QED) is 0.717. The molecule has 3 atom stereocenters. The van der Waals surface area contributed by atoms with Gasteiger partial charge in [-0.15, -0.1) is 0 Å². The highest BCUT2D eigenvalue weighted by atomic mass is 16.5. The van der Waals surface area contributed by atoms with E-state index >= 15 is 0 Å². The first-order valence-corrected chi connectivity index (χ1v) is 6.59. The van der Waals surface area contributed by atoms with Crippen LogP contribution in [0, 0.1) is 0 Å². The summed E-state index contributed by atoms with van der Waals surface area (Å²) in [6, 6.07) is 0.433. The smallest absolute Gasteiger partial charge is 0.0771 e. The molecule has 1 aliphatic heterocycles. The molecular weight excluding hydrogens is 202 g/mol. The molecule has 0 aromatic heterocycles. The van der Waals surface area contributed by atoms with Gasteiger partial charge in [-0.1, -0.05) is 0 Å². The summed E-state index contributed by atoms with van der Waals surface area (Å²) in [6.45, 7) is 7.51. The molecule has 1 heterocycles. The third kappa shape index (κ3) is 2.96. The van der Waals surface area contributed by atoms with Gasteiger partial charge in [0.2, 0.25) is 0 Å². The molecule has 3 heteroatoms. The second-order valence-electron chi connectivity index (χ2n) is 5.52. The Balaban J connectivity index is 1.91. The van der Waals surface area contributed by atoms with E-state index in [1.54, 1.807) is 0 Å². The number of ether oxygens (including phenoxy) is 2. The zero-order valence-corrected chi connectivity index (χ0v) is 11.0. The highest BCUT2D eigenvalue weighted by Gasteiger charge is 2.40. The van der Waals surface area contributed by atoms with Crippen molar-refractivity contribution in [2.75, 3.05) is 13.6 Å². The molecule has 0 bridgehead atoms. The van der Waals surface area contributed by atoms with Crippen molar-refractivity contribution in [1.29, 1.82) is 0 Å². The van der Waals surface area contributed by atoms with Crippen LogP contribution in [0.5, 0.6) is 0 Å². The van der Waals surface area contributed by atoms with Crippen molar-refractivity contribution < 1.29 is 9.47 Å². The first-order chi connectivity index (χ1) is 7.58. The Morgan fingerprint density at radius 1 is 1.12 bits per heavy atom. The van der Waals surface area contributed by atoms with E-state index in [1.807, 2.05) is 0 Å². The Hall–Kier alpha value is -0.120. The van der Waals surface area contributed by atoms with E-state index < -0.39 is 0 Å². The third-order valence-corrected chi connectivity index (χ3v) is 3.52. The van der Waals surface area contributed by atoms with Crippen LogP contribution in [0.4, 0.5) is 0 Å². The highest BCUT2D eigenvalue weighted by molar-refractivity contribution is 4.92. The van der Waals surface area contributed by atoms with Crippen molar-refractivity contribution in [2.24, 2.45) is 0 Å². The molecule has 94 valence electrons. The predicted octanol–water partition coefficient (Wildman–Crippen LogP) is 2.05. The van der Waals surface area contributed by atoms with E-state index in [2.05, 4.69) is 32.7 Å². The van der Waals surface area contributed by atoms with E-state index in [0.29, 0.717) is 24.4 Å². The van der Waals surface area contributed by atoms with Gasteiger partial charge in [0, 0.05) is 6.54 Å². The lowest BCUT2D eigenvalue weighted by Crippen LogP contribution is -2.44. The molecule has 16 heavy (non-hydrogen) atoms. The van der Waals surface area contributed by atoms with Gasteiger partial charge in [0.1, 0.15) is 0 Å². The van der Waals surface area contributed by atoms with Gasteiger partial charge in [-0.2, -0.15) is 0 Å². The van der Waals surface area contributed by atoms with Crippen molar-refractivity contribution >= 4 is 0 Å². The van der Waals surface area contributed by atoms with Crippen molar-refractivity contribution in [1.82, 2.24) is 4.90 Å². The summed E-state index contributed by atoms with van der Waals surface area (Å²) in [5.74, 6) is 0. The van der Waals surface area contributed by atoms with E-state index in [9.17, 15) is 0 Å². The molecule has 1 saturated heterocycles. The molecule has 3 nitrogen and oxygen atoms in total. The monoisotopic (exact) mass is 227 g/mol. The lowest BCUT2D eigenvalue weighted by Gasteiger charge is -2.31. The van der Waals surface area contributed by atoms with Gasteiger partial charge < -0.3 is 9.47 Å². The van der Waals surface area contributed by atoms with Crippen molar-refractivity contribution in [3.63, 3.8) is 0 Å². The van der Waals surface area contributed by atoms with Crippen LogP contribution in [0.3, 0.4) is 0 Å². The lowest BCUT2D eigenvalue weighted by atomic mass is 10.1. The first kappa shape index (κ1) is 12.3. The average Bonchev–Trinajstić information content (AvgIpc) is 2.89. The van der Waals surface area contributed by atoms with Crippen LogP contribution in [-0.2, 0) is 9.47 Å². The number of nitrogens with zero attached hydrogens (tertiary/aromatic N) is 1. The number of hydrogen-bond acceptors (Lipinski definition) is 3. The summed E-state index contributed by atoms with van der Waals surface area (Å²) >= 11 is 0. The van der Waals surface area contributed by atoms with Crippen LogP contribution in [0.2, 0.25) is 0 Å². The number of rotatable bonds is 5. The SMILES string of the molecule is CC(C)O[C@@H](C)[C@@H]1[C@@H](OC2CC2)CCN1C. The van der Waals surface area contributed by atoms with Gasteiger partial charge in [0.25, 0.3) is 0 Å². The van der Waals surface area contributed by atoms with Crippen LogP contribution in [0.1, 0.15) is 40.0 Å². The molecule has 0 spiro atoms. The molecular formula is C13H25NO2. The Labute approximate surface area is 99.1 Å². The maximum absolute atomic E-state index is 6.09.